The Morgan fingerprint density at radius 1 is 1.45 bits per heavy atom. The Labute approximate surface area is 128 Å². The highest BCUT2D eigenvalue weighted by Gasteiger charge is 2.22. The van der Waals surface area contributed by atoms with Crippen molar-refractivity contribution in [2.75, 3.05) is 20.2 Å². The Balaban J connectivity index is 2.00. The number of carbonyl (C=O) groups is 1. The fourth-order valence-corrected chi connectivity index (χ4v) is 2.98. The summed E-state index contributed by atoms with van der Waals surface area (Å²) >= 11 is 0. The summed E-state index contributed by atoms with van der Waals surface area (Å²) in [7, 11) is 1.24. The first kappa shape index (κ1) is 16.7. The zero-order valence-electron chi connectivity index (χ0n) is 12.6. The highest BCUT2D eigenvalue weighted by atomic mass is 19.1. The van der Waals surface area contributed by atoms with Crippen LogP contribution in [0.25, 0.3) is 0 Å². The van der Waals surface area contributed by atoms with Crippen LogP contribution in [0.3, 0.4) is 0 Å². The number of methoxy groups -OCH3 is 1. The molecule has 0 bridgehead atoms. The Morgan fingerprint density at radius 3 is 2.91 bits per heavy atom. The number of hydrogen-bond donors (Lipinski definition) is 1. The first-order chi connectivity index (χ1) is 10.5. The van der Waals surface area contributed by atoms with Gasteiger partial charge in [0.15, 0.2) is 17.4 Å². The molecule has 0 aliphatic carbocycles. The summed E-state index contributed by atoms with van der Waals surface area (Å²) in [6.45, 7) is 1.96. The number of piperidine rings is 1. The van der Waals surface area contributed by atoms with Crippen LogP contribution in [0.2, 0.25) is 0 Å². The van der Waals surface area contributed by atoms with Gasteiger partial charge in [0.05, 0.1) is 7.11 Å². The quantitative estimate of drug-likeness (QED) is 0.877. The van der Waals surface area contributed by atoms with Crippen molar-refractivity contribution < 1.29 is 23.4 Å². The molecule has 122 valence electrons. The molecule has 0 aromatic heterocycles. The molecule has 0 spiro atoms. The molecular weight excluding hydrogens is 292 g/mol. The molecule has 0 radical (unpaired) electrons. The minimum absolute atomic E-state index is 0.164. The van der Waals surface area contributed by atoms with E-state index in [1.807, 2.05) is 0 Å². The van der Waals surface area contributed by atoms with Gasteiger partial charge in [-0.2, -0.15) is 0 Å². The second-order valence-electron chi connectivity index (χ2n) is 5.73. The Morgan fingerprint density at radius 2 is 2.23 bits per heavy atom. The number of carboxylic acid groups (broad SMARTS) is 1. The summed E-state index contributed by atoms with van der Waals surface area (Å²) in [6.07, 6.45) is 2.77. The molecule has 1 N–H and O–H groups in total. The summed E-state index contributed by atoms with van der Waals surface area (Å²) in [5.74, 6) is -2.18. The maximum absolute atomic E-state index is 14.2. The van der Waals surface area contributed by atoms with Crippen LogP contribution in [0.5, 0.6) is 5.75 Å². The average Bonchev–Trinajstić information content (AvgIpc) is 2.49. The lowest BCUT2D eigenvalue weighted by Crippen LogP contribution is -2.35. The van der Waals surface area contributed by atoms with Crippen molar-refractivity contribution in [3.8, 4) is 5.75 Å². The number of hydrogen-bond acceptors (Lipinski definition) is 3. The first-order valence-electron chi connectivity index (χ1n) is 7.46. The van der Waals surface area contributed by atoms with Gasteiger partial charge in [-0.05, 0) is 37.8 Å². The Bertz CT molecular complexity index is 536. The summed E-state index contributed by atoms with van der Waals surface area (Å²) in [5, 5.41) is 8.75. The van der Waals surface area contributed by atoms with Gasteiger partial charge in [-0.1, -0.05) is 6.07 Å². The van der Waals surface area contributed by atoms with E-state index >= 15 is 0 Å². The number of nitrogens with zero attached hydrogens (tertiary/aromatic N) is 1. The van der Waals surface area contributed by atoms with Crippen LogP contribution in [0.4, 0.5) is 8.78 Å². The molecule has 1 aliphatic rings. The first-order valence-corrected chi connectivity index (χ1v) is 7.46. The fraction of sp³-hybridized carbons (Fsp3) is 0.562. The Hall–Kier alpha value is -1.69. The molecule has 0 amide bonds. The van der Waals surface area contributed by atoms with Crippen molar-refractivity contribution in [2.45, 2.75) is 32.2 Å². The molecule has 22 heavy (non-hydrogen) atoms. The molecule has 6 heteroatoms. The van der Waals surface area contributed by atoms with Gasteiger partial charge in [-0.3, -0.25) is 9.69 Å². The number of halogens is 2. The van der Waals surface area contributed by atoms with E-state index in [1.54, 1.807) is 0 Å². The third kappa shape index (κ3) is 4.16. The van der Waals surface area contributed by atoms with Crippen molar-refractivity contribution in [3.63, 3.8) is 0 Å². The lowest BCUT2D eigenvalue weighted by atomic mass is 9.93. The van der Waals surface area contributed by atoms with E-state index in [9.17, 15) is 13.6 Å². The molecule has 1 heterocycles. The molecule has 0 saturated carbocycles. The molecule has 0 unspecified atom stereocenters. The summed E-state index contributed by atoms with van der Waals surface area (Å²) in [6, 6.07) is 2.65. The van der Waals surface area contributed by atoms with Gasteiger partial charge >= 0.3 is 5.97 Å². The zero-order valence-corrected chi connectivity index (χ0v) is 12.6. The van der Waals surface area contributed by atoms with Crippen LogP contribution in [0, 0.1) is 17.6 Å². The maximum Gasteiger partial charge on any atom is 0.303 e. The van der Waals surface area contributed by atoms with Crippen molar-refractivity contribution >= 4 is 5.97 Å². The molecule has 4 nitrogen and oxygen atoms in total. The van der Waals surface area contributed by atoms with Gasteiger partial charge < -0.3 is 9.84 Å². The third-order valence-corrected chi connectivity index (χ3v) is 4.10. The molecule has 1 aromatic carbocycles. The van der Waals surface area contributed by atoms with E-state index in [0.717, 1.165) is 25.9 Å². The van der Waals surface area contributed by atoms with Crippen LogP contribution >= 0.6 is 0 Å². The third-order valence-electron chi connectivity index (χ3n) is 4.10. The summed E-state index contributed by atoms with van der Waals surface area (Å²) < 4.78 is 32.3. The predicted molar refractivity (Wildman–Crippen MR) is 77.8 cm³/mol. The number of carboxylic acids is 1. The van der Waals surface area contributed by atoms with Crippen molar-refractivity contribution in [2.24, 2.45) is 5.92 Å². The van der Waals surface area contributed by atoms with Gasteiger partial charge in [0.1, 0.15) is 0 Å². The van der Waals surface area contributed by atoms with Gasteiger partial charge in [-0.25, -0.2) is 8.78 Å². The van der Waals surface area contributed by atoms with Crippen LogP contribution in [0.1, 0.15) is 31.2 Å². The SMILES string of the molecule is COc1c(F)ccc(CN2CCC[C@H](CCC(=O)O)C2)c1F. The summed E-state index contributed by atoms with van der Waals surface area (Å²) in [5.41, 5.74) is 0.400. The van der Waals surface area contributed by atoms with E-state index in [0.29, 0.717) is 24.4 Å². The van der Waals surface area contributed by atoms with E-state index in [2.05, 4.69) is 4.90 Å². The number of rotatable bonds is 6. The number of likely N-dealkylation sites (tertiary alicyclic amines) is 1. The number of ether oxygens (including phenoxy) is 1. The van der Waals surface area contributed by atoms with Crippen LogP contribution in [-0.2, 0) is 11.3 Å². The lowest BCUT2D eigenvalue weighted by Gasteiger charge is -2.32. The number of aliphatic carboxylic acids is 1. The van der Waals surface area contributed by atoms with Crippen LogP contribution < -0.4 is 4.74 Å². The van der Waals surface area contributed by atoms with E-state index in [-0.39, 0.29) is 12.2 Å². The molecule has 1 atom stereocenters. The van der Waals surface area contributed by atoms with Gasteiger partial charge in [0.2, 0.25) is 0 Å². The second kappa shape index (κ2) is 7.54. The standard InChI is InChI=1S/C16H21F2NO3/c1-22-16-13(17)6-5-12(15(16)18)10-19-8-2-3-11(9-19)4-7-14(20)21/h5-6,11H,2-4,7-10H2,1H3,(H,20,21)/t11-/m1/s1. The topological polar surface area (TPSA) is 49.8 Å². The highest BCUT2D eigenvalue weighted by Crippen LogP contribution is 2.27. The van der Waals surface area contributed by atoms with Gasteiger partial charge in [0.25, 0.3) is 0 Å². The van der Waals surface area contributed by atoms with Crippen molar-refractivity contribution in [1.29, 1.82) is 0 Å². The van der Waals surface area contributed by atoms with E-state index in [1.165, 1.54) is 19.2 Å². The molecule has 2 rings (SSSR count). The van der Waals surface area contributed by atoms with Crippen molar-refractivity contribution in [3.05, 3.63) is 29.3 Å². The minimum Gasteiger partial charge on any atom is -0.491 e. The Kier molecular flexibility index (Phi) is 5.71. The van der Waals surface area contributed by atoms with Gasteiger partial charge in [-0.15, -0.1) is 0 Å². The second-order valence-corrected chi connectivity index (χ2v) is 5.73. The van der Waals surface area contributed by atoms with E-state index < -0.39 is 17.6 Å². The molecule has 1 aliphatic heterocycles. The predicted octanol–water partition coefficient (Wildman–Crippen LogP) is 3.05. The summed E-state index contributed by atoms with van der Waals surface area (Å²) in [4.78, 5) is 12.7. The van der Waals surface area contributed by atoms with Crippen LogP contribution in [0.15, 0.2) is 12.1 Å². The maximum atomic E-state index is 14.2. The largest absolute Gasteiger partial charge is 0.491 e. The minimum atomic E-state index is -0.786. The zero-order chi connectivity index (χ0) is 16.1. The normalized spacial score (nSPS) is 19.1. The number of benzene rings is 1. The lowest BCUT2D eigenvalue weighted by molar-refractivity contribution is -0.137. The average molecular weight is 313 g/mol. The van der Waals surface area contributed by atoms with E-state index in [4.69, 9.17) is 9.84 Å². The van der Waals surface area contributed by atoms with Gasteiger partial charge in [0, 0.05) is 25.1 Å². The molecule has 1 aromatic rings. The molecular formula is C16H21F2NO3. The van der Waals surface area contributed by atoms with Crippen LogP contribution in [-0.4, -0.2) is 36.2 Å². The van der Waals surface area contributed by atoms with Crippen molar-refractivity contribution in [1.82, 2.24) is 4.90 Å². The molecule has 1 saturated heterocycles. The fourth-order valence-electron chi connectivity index (χ4n) is 2.98. The monoisotopic (exact) mass is 313 g/mol. The highest BCUT2D eigenvalue weighted by molar-refractivity contribution is 5.66. The molecule has 1 fully saturated rings. The smallest absolute Gasteiger partial charge is 0.303 e.